The van der Waals surface area contributed by atoms with Crippen molar-refractivity contribution in [3.8, 4) is 0 Å². The van der Waals surface area contributed by atoms with E-state index < -0.39 is 0 Å². The van der Waals surface area contributed by atoms with E-state index in [2.05, 4.69) is 0 Å². The van der Waals surface area contributed by atoms with Crippen molar-refractivity contribution in [3.05, 3.63) is 10.1 Å². The van der Waals surface area contributed by atoms with Gasteiger partial charge in [-0.25, -0.2) is 0 Å². The number of nitrogens with zero attached hydrogens (tertiary/aromatic N) is 1. The fraction of sp³-hybridized carbons (Fsp3) is 1.00. The van der Waals surface area contributed by atoms with Crippen LogP contribution in [0.1, 0.15) is 19.3 Å². The first-order valence-electron chi connectivity index (χ1n) is 3.44. The van der Waals surface area contributed by atoms with Crippen molar-refractivity contribution in [2.75, 3.05) is 0 Å². The van der Waals surface area contributed by atoms with Crippen LogP contribution in [0.15, 0.2) is 0 Å². The van der Waals surface area contributed by atoms with Gasteiger partial charge in [0.15, 0.2) is 0 Å². The lowest BCUT2D eigenvalue weighted by molar-refractivity contribution is -0.502. The number of nitro groups is 1. The van der Waals surface area contributed by atoms with E-state index >= 15 is 0 Å². The lowest BCUT2D eigenvalue weighted by Crippen LogP contribution is -2.06. The van der Waals surface area contributed by atoms with Gasteiger partial charge < -0.3 is 0 Å². The molecular formula is C6H9NO2. The minimum Gasteiger partial charge on any atom is -0.264 e. The molecule has 3 nitrogen and oxygen atoms in total. The Kier molecular flexibility index (Phi) is 0.845. The van der Waals surface area contributed by atoms with Crippen molar-refractivity contribution in [1.82, 2.24) is 0 Å². The summed E-state index contributed by atoms with van der Waals surface area (Å²) in [5.41, 5.74) is 0. The molecule has 2 rings (SSSR count). The fourth-order valence-corrected chi connectivity index (χ4v) is 2.10. The Labute approximate surface area is 53.2 Å². The Morgan fingerprint density at radius 1 is 1.33 bits per heavy atom. The first kappa shape index (κ1) is 5.21. The zero-order valence-electron chi connectivity index (χ0n) is 5.12. The molecule has 3 heteroatoms. The monoisotopic (exact) mass is 127 g/mol. The molecule has 2 saturated carbocycles. The topological polar surface area (TPSA) is 43.1 Å². The average molecular weight is 127 g/mol. The summed E-state index contributed by atoms with van der Waals surface area (Å²) >= 11 is 0. The Morgan fingerprint density at radius 3 is 2.22 bits per heavy atom. The van der Waals surface area contributed by atoms with Crippen LogP contribution in [0.25, 0.3) is 0 Å². The molecule has 0 saturated heterocycles. The molecule has 2 aliphatic carbocycles. The van der Waals surface area contributed by atoms with Gasteiger partial charge in [-0.2, -0.15) is 0 Å². The Morgan fingerprint density at radius 2 is 1.89 bits per heavy atom. The van der Waals surface area contributed by atoms with Gasteiger partial charge in [0.25, 0.3) is 0 Å². The maximum atomic E-state index is 10.2. The van der Waals surface area contributed by atoms with Crippen molar-refractivity contribution in [2.45, 2.75) is 25.3 Å². The minimum absolute atomic E-state index is 0.103. The van der Waals surface area contributed by atoms with Gasteiger partial charge in [0.1, 0.15) is 0 Å². The maximum absolute atomic E-state index is 10.2. The van der Waals surface area contributed by atoms with Crippen molar-refractivity contribution in [3.63, 3.8) is 0 Å². The number of hydrogen-bond donors (Lipinski definition) is 0. The highest BCUT2D eigenvalue weighted by molar-refractivity contribution is 5.01. The van der Waals surface area contributed by atoms with Crippen LogP contribution in [-0.4, -0.2) is 11.0 Å². The molecule has 0 heterocycles. The van der Waals surface area contributed by atoms with Crippen LogP contribution in [0.2, 0.25) is 0 Å². The second kappa shape index (κ2) is 1.46. The zero-order chi connectivity index (χ0) is 6.43. The van der Waals surface area contributed by atoms with Gasteiger partial charge in [-0.3, -0.25) is 10.1 Å². The highest BCUT2D eigenvalue weighted by atomic mass is 16.6. The first-order valence-corrected chi connectivity index (χ1v) is 3.44. The van der Waals surface area contributed by atoms with Gasteiger partial charge in [0.05, 0.1) is 0 Å². The molecule has 9 heavy (non-hydrogen) atoms. The third kappa shape index (κ3) is 0.573. The SMILES string of the molecule is O=[N+]([O-])C1C2CCCC21. The molecule has 0 aromatic heterocycles. The summed E-state index contributed by atoms with van der Waals surface area (Å²) in [5, 5.41) is 10.2. The maximum Gasteiger partial charge on any atom is 0.219 e. The minimum atomic E-state index is -0.140. The van der Waals surface area contributed by atoms with Gasteiger partial charge in [-0.15, -0.1) is 0 Å². The molecule has 0 amide bonds. The third-order valence-corrected chi connectivity index (χ3v) is 2.60. The van der Waals surface area contributed by atoms with Gasteiger partial charge in [0, 0.05) is 16.8 Å². The zero-order valence-corrected chi connectivity index (χ0v) is 5.12. The summed E-state index contributed by atoms with van der Waals surface area (Å²) < 4.78 is 0. The molecule has 0 aromatic rings. The van der Waals surface area contributed by atoms with E-state index in [1.54, 1.807) is 0 Å². The predicted molar refractivity (Wildman–Crippen MR) is 31.6 cm³/mol. The van der Waals surface area contributed by atoms with Gasteiger partial charge in [0.2, 0.25) is 6.04 Å². The van der Waals surface area contributed by atoms with E-state index in [0.29, 0.717) is 11.8 Å². The molecule has 0 bridgehead atoms. The Balaban J connectivity index is 2.02. The van der Waals surface area contributed by atoms with Gasteiger partial charge >= 0.3 is 0 Å². The largest absolute Gasteiger partial charge is 0.264 e. The molecule has 0 N–H and O–H groups in total. The lowest BCUT2D eigenvalue weighted by Gasteiger charge is -1.92. The Hall–Kier alpha value is -0.600. The van der Waals surface area contributed by atoms with Crippen LogP contribution < -0.4 is 0 Å². The summed E-state index contributed by atoms with van der Waals surface area (Å²) in [6.45, 7) is 0. The third-order valence-electron chi connectivity index (χ3n) is 2.60. The van der Waals surface area contributed by atoms with E-state index in [9.17, 15) is 10.1 Å². The van der Waals surface area contributed by atoms with Crippen molar-refractivity contribution >= 4 is 0 Å². The highest BCUT2D eigenvalue weighted by Gasteiger charge is 2.61. The molecular weight excluding hydrogens is 118 g/mol. The van der Waals surface area contributed by atoms with Crippen LogP contribution in [0.4, 0.5) is 0 Å². The summed E-state index contributed by atoms with van der Waals surface area (Å²) in [5.74, 6) is 0.944. The second-order valence-electron chi connectivity index (χ2n) is 3.03. The molecule has 50 valence electrons. The van der Waals surface area contributed by atoms with E-state index in [-0.39, 0.29) is 11.0 Å². The van der Waals surface area contributed by atoms with Crippen LogP contribution in [0, 0.1) is 22.0 Å². The Bertz CT molecular complexity index is 147. The van der Waals surface area contributed by atoms with E-state index in [4.69, 9.17) is 0 Å². The van der Waals surface area contributed by atoms with E-state index in [1.165, 1.54) is 6.42 Å². The van der Waals surface area contributed by atoms with Crippen molar-refractivity contribution < 1.29 is 4.92 Å². The number of fused-ring (bicyclic) bond motifs is 1. The molecule has 2 atom stereocenters. The molecule has 0 radical (unpaired) electrons. The highest BCUT2D eigenvalue weighted by Crippen LogP contribution is 2.53. The smallest absolute Gasteiger partial charge is 0.219 e. The molecule has 2 aliphatic rings. The second-order valence-corrected chi connectivity index (χ2v) is 3.03. The number of rotatable bonds is 1. The van der Waals surface area contributed by atoms with Crippen LogP contribution in [-0.2, 0) is 0 Å². The quantitative estimate of drug-likeness (QED) is 0.390. The van der Waals surface area contributed by atoms with Crippen LogP contribution >= 0.6 is 0 Å². The van der Waals surface area contributed by atoms with E-state index in [1.807, 2.05) is 0 Å². The molecule has 0 aliphatic heterocycles. The fourth-order valence-electron chi connectivity index (χ4n) is 2.10. The molecule has 0 spiro atoms. The van der Waals surface area contributed by atoms with Gasteiger partial charge in [-0.1, -0.05) is 6.42 Å². The number of hydrogen-bond acceptors (Lipinski definition) is 2. The summed E-state index contributed by atoms with van der Waals surface area (Å²) in [7, 11) is 0. The molecule has 2 fully saturated rings. The van der Waals surface area contributed by atoms with Crippen LogP contribution in [0.3, 0.4) is 0 Å². The average Bonchev–Trinajstić information content (AvgIpc) is 2.30. The molecule has 2 unspecified atom stereocenters. The van der Waals surface area contributed by atoms with E-state index in [0.717, 1.165) is 12.8 Å². The van der Waals surface area contributed by atoms with Gasteiger partial charge in [-0.05, 0) is 12.8 Å². The lowest BCUT2D eigenvalue weighted by atomic mass is 10.2. The van der Waals surface area contributed by atoms with Crippen LogP contribution in [0.5, 0.6) is 0 Å². The summed E-state index contributed by atoms with van der Waals surface area (Å²) in [6, 6.07) is -0.140. The summed E-state index contributed by atoms with van der Waals surface area (Å²) in [4.78, 5) is 10.1. The molecule has 0 aromatic carbocycles. The standard InChI is InChI=1S/C6H9NO2/c8-7(9)6-4-2-1-3-5(4)6/h4-6H,1-3H2. The normalized spacial score (nSPS) is 46.4. The predicted octanol–water partition coefficient (Wildman–Crippen LogP) is 1.06. The first-order chi connectivity index (χ1) is 4.30. The summed E-state index contributed by atoms with van der Waals surface area (Å²) in [6.07, 6.45) is 3.44. The van der Waals surface area contributed by atoms with Crippen molar-refractivity contribution in [2.24, 2.45) is 11.8 Å². The van der Waals surface area contributed by atoms with Crippen molar-refractivity contribution in [1.29, 1.82) is 0 Å².